The third-order valence-corrected chi connectivity index (χ3v) is 4.96. The van der Waals surface area contributed by atoms with Crippen LogP contribution in [0.2, 0.25) is 0 Å². The van der Waals surface area contributed by atoms with Crippen molar-refractivity contribution in [3.8, 4) is 22.2 Å². The monoisotopic (exact) mass is 385 g/mol. The molecule has 0 saturated heterocycles. The molecule has 2 heterocycles. The predicted molar refractivity (Wildman–Crippen MR) is 108 cm³/mol. The second-order valence-electron chi connectivity index (χ2n) is 5.93. The van der Waals surface area contributed by atoms with Gasteiger partial charge in [0, 0.05) is 5.57 Å². The number of allylic oxidation sites excluding steroid dienone is 1. The molecule has 0 aliphatic rings. The lowest BCUT2D eigenvalue weighted by atomic mass is 10.0. The molecule has 0 atom stereocenters. The summed E-state index contributed by atoms with van der Waals surface area (Å²) in [4.78, 5) is 5.57. The molecule has 3 rings (SSSR count). The van der Waals surface area contributed by atoms with E-state index in [1.165, 1.54) is 0 Å². The average Bonchev–Trinajstić information content (AvgIpc) is 3.38. The molecule has 2 N–H and O–H groups in total. The number of benzene rings is 1. The van der Waals surface area contributed by atoms with Crippen LogP contribution in [-0.2, 0) is 0 Å². The van der Waals surface area contributed by atoms with Crippen molar-refractivity contribution < 1.29 is 14.0 Å². The number of hydrogen-bond acceptors (Lipinski definition) is 7. The van der Waals surface area contributed by atoms with Crippen molar-refractivity contribution in [2.45, 2.75) is 19.3 Å². The molecule has 6 nitrogen and oxygen atoms in total. The van der Waals surface area contributed by atoms with E-state index in [4.69, 9.17) is 19.7 Å². The van der Waals surface area contributed by atoms with E-state index in [1.54, 1.807) is 25.6 Å². The highest BCUT2D eigenvalue weighted by Crippen LogP contribution is 2.31. The highest BCUT2D eigenvalue weighted by molar-refractivity contribution is 7.13. The Morgan fingerprint density at radius 3 is 2.74 bits per heavy atom. The molecule has 0 aliphatic heterocycles. The summed E-state index contributed by atoms with van der Waals surface area (Å²) in [6.45, 7) is 0.661. The molecular weight excluding hydrogens is 362 g/mol. The molecule has 142 valence electrons. The number of nitrogens with zero attached hydrogens (tertiary/aromatic N) is 2. The van der Waals surface area contributed by atoms with Gasteiger partial charge in [-0.15, -0.1) is 11.3 Å². The van der Waals surface area contributed by atoms with Gasteiger partial charge in [-0.1, -0.05) is 17.3 Å². The standard InChI is InChI=1S/C20H23N3O3S/c1-24-16-9-8-14(13-17(16)25-2)12-15(6-3-4-10-21)20-22-19(23-26-20)18-7-5-11-27-18/h5,7-9,11-13H,3-4,6,10,21H2,1-2H3/b15-12+. The zero-order valence-electron chi connectivity index (χ0n) is 15.5. The first-order valence-electron chi connectivity index (χ1n) is 8.75. The topological polar surface area (TPSA) is 83.4 Å². The minimum atomic E-state index is 0.533. The fraction of sp³-hybridized carbons (Fsp3) is 0.300. The van der Waals surface area contributed by atoms with E-state index in [0.29, 0.717) is 29.8 Å². The number of ether oxygens (including phenoxy) is 2. The Morgan fingerprint density at radius 1 is 1.19 bits per heavy atom. The lowest BCUT2D eigenvalue weighted by Crippen LogP contribution is -1.98. The molecule has 0 fully saturated rings. The van der Waals surface area contributed by atoms with E-state index in [2.05, 4.69) is 10.1 Å². The van der Waals surface area contributed by atoms with E-state index < -0.39 is 0 Å². The predicted octanol–water partition coefficient (Wildman–Crippen LogP) is 4.48. The second-order valence-corrected chi connectivity index (χ2v) is 6.88. The maximum atomic E-state index is 5.64. The first-order chi connectivity index (χ1) is 13.2. The van der Waals surface area contributed by atoms with Gasteiger partial charge in [-0.05, 0) is 61.0 Å². The number of rotatable bonds is 9. The lowest BCUT2D eigenvalue weighted by Gasteiger charge is -2.09. The van der Waals surface area contributed by atoms with Crippen LogP contribution in [0.5, 0.6) is 11.5 Å². The number of nitrogens with two attached hydrogens (primary N) is 1. The quantitative estimate of drug-likeness (QED) is 0.547. The highest BCUT2D eigenvalue weighted by Gasteiger charge is 2.14. The maximum absolute atomic E-state index is 5.64. The molecule has 0 radical (unpaired) electrons. The van der Waals surface area contributed by atoms with Crippen LogP contribution in [0, 0.1) is 0 Å². The molecule has 0 saturated carbocycles. The zero-order chi connectivity index (χ0) is 19.1. The number of thiophene rings is 1. The van der Waals surface area contributed by atoms with Gasteiger partial charge in [0.25, 0.3) is 5.89 Å². The van der Waals surface area contributed by atoms with E-state index in [-0.39, 0.29) is 0 Å². The highest BCUT2D eigenvalue weighted by atomic mass is 32.1. The molecule has 0 bridgehead atoms. The first-order valence-corrected chi connectivity index (χ1v) is 9.63. The van der Waals surface area contributed by atoms with Gasteiger partial charge >= 0.3 is 0 Å². The van der Waals surface area contributed by atoms with Crippen LogP contribution in [0.1, 0.15) is 30.7 Å². The van der Waals surface area contributed by atoms with Crippen molar-refractivity contribution in [2.75, 3.05) is 20.8 Å². The van der Waals surface area contributed by atoms with Crippen molar-refractivity contribution in [3.63, 3.8) is 0 Å². The van der Waals surface area contributed by atoms with Crippen LogP contribution < -0.4 is 15.2 Å². The van der Waals surface area contributed by atoms with Crippen LogP contribution in [-0.4, -0.2) is 30.9 Å². The van der Waals surface area contributed by atoms with Gasteiger partial charge in [0.15, 0.2) is 11.5 Å². The third-order valence-electron chi connectivity index (χ3n) is 4.09. The third kappa shape index (κ3) is 4.75. The van der Waals surface area contributed by atoms with Gasteiger partial charge in [0.2, 0.25) is 5.82 Å². The Kier molecular flexibility index (Phi) is 6.62. The SMILES string of the molecule is COc1ccc(/C=C(\CCCCN)c2nc(-c3cccs3)no2)cc1OC. The van der Waals surface area contributed by atoms with Crippen molar-refractivity contribution in [1.82, 2.24) is 10.1 Å². The van der Waals surface area contributed by atoms with Gasteiger partial charge in [0.05, 0.1) is 19.1 Å². The van der Waals surface area contributed by atoms with Crippen LogP contribution in [0.15, 0.2) is 40.2 Å². The van der Waals surface area contributed by atoms with E-state index in [1.807, 2.05) is 41.8 Å². The van der Waals surface area contributed by atoms with Crippen LogP contribution in [0.3, 0.4) is 0 Å². The summed E-state index contributed by atoms with van der Waals surface area (Å²) in [6, 6.07) is 9.73. The Labute approximate surface area is 162 Å². The molecule has 3 aromatic rings. The molecular formula is C20H23N3O3S. The maximum Gasteiger partial charge on any atom is 0.254 e. The van der Waals surface area contributed by atoms with Gasteiger partial charge < -0.3 is 19.7 Å². The van der Waals surface area contributed by atoms with E-state index in [0.717, 1.165) is 35.3 Å². The minimum Gasteiger partial charge on any atom is -0.493 e. The summed E-state index contributed by atoms with van der Waals surface area (Å²) < 4.78 is 16.2. The fourth-order valence-electron chi connectivity index (χ4n) is 2.70. The molecule has 1 aromatic carbocycles. The lowest BCUT2D eigenvalue weighted by molar-refractivity contribution is 0.355. The number of aromatic nitrogens is 2. The number of methoxy groups -OCH3 is 2. The van der Waals surface area contributed by atoms with Gasteiger partial charge in [-0.3, -0.25) is 0 Å². The molecule has 7 heteroatoms. The molecule has 0 aliphatic carbocycles. The summed E-state index contributed by atoms with van der Waals surface area (Å²) in [5.41, 5.74) is 7.60. The van der Waals surface area contributed by atoms with Crippen molar-refractivity contribution in [1.29, 1.82) is 0 Å². The summed E-state index contributed by atoms with van der Waals surface area (Å²) >= 11 is 1.58. The van der Waals surface area contributed by atoms with E-state index >= 15 is 0 Å². The van der Waals surface area contributed by atoms with Crippen molar-refractivity contribution >= 4 is 23.0 Å². The van der Waals surface area contributed by atoms with Gasteiger partial charge in [0.1, 0.15) is 0 Å². The Balaban J connectivity index is 1.92. The van der Waals surface area contributed by atoms with Crippen LogP contribution in [0.25, 0.3) is 22.4 Å². The molecule has 0 unspecified atom stereocenters. The summed E-state index contributed by atoms with van der Waals surface area (Å²) in [6.07, 6.45) is 4.74. The van der Waals surface area contributed by atoms with Crippen LogP contribution >= 0.6 is 11.3 Å². The minimum absolute atomic E-state index is 0.533. The van der Waals surface area contributed by atoms with E-state index in [9.17, 15) is 0 Å². The first kappa shape index (κ1) is 19.1. The number of unbranched alkanes of at least 4 members (excludes halogenated alkanes) is 1. The molecule has 0 amide bonds. The van der Waals surface area contributed by atoms with Gasteiger partial charge in [-0.2, -0.15) is 4.98 Å². The fourth-order valence-corrected chi connectivity index (χ4v) is 3.35. The largest absolute Gasteiger partial charge is 0.493 e. The second kappa shape index (κ2) is 9.34. The smallest absolute Gasteiger partial charge is 0.254 e. The summed E-state index contributed by atoms with van der Waals surface area (Å²) in [5, 5.41) is 6.12. The zero-order valence-corrected chi connectivity index (χ0v) is 16.3. The average molecular weight is 385 g/mol. The van der Waals surface area contributed by atoms with Crippen molar-refractivity contribution in [3.05, 3.63) is 47.2 Å². The van der Waals surface area contributed by atoms with Gasteiger partial charge in [-0.25, -0.2) is 0 Å². The summed E-state index contributed by atoms with van der Waals surface area (Å²) in [5.74, 6) is 2.51. The number of hydrogen-bond donors (Lipinski definition) is 1. The molecule has 27 heavy (non-hydrogen) atoms. The van der Waals surface area contributed by atoms with Crippen LogP contribution in [0.4, 0.5) is 0 Å². The Hall–Kier alpha value is -2.64. The van der Waals surface area contributed by atoms with Crippen molar-refractivity contribution in [2.24, 2.45) is 5.73 Å². The Morgan fingerprint density at radius 2 is 2.04 bits per heavy atom. The Bertz CT molecular complexity index is 888. The summed E-state index contributed by atoms with van der Waals surface area (Å²) in [7, 11) is 3.25. The normalized spacial score (nSPS) is 11.6. The molecule has 0 spiro atoms. The molecule has 2 aromatic heterocycles.